The van der Waals surface area contributed by atoms with Gasteiger partial charge >= 0.3 is 0 Å². The van der Waals surface area contributed by atoms with Crippen LogP contribution in [0.1, 0.15) is 55.3 Å². The van der Waals surface area contributed by atoms with Crippen LogP contribution in [-0.4, -0.2) is 61.5 Å². The van der Waals surface area contributed by atoms with Crippen LogP contribution in [0.3, 0.4) is 0 Å². The number of amides is 2. The SMILES string of the molecule is COc1cccc(C(=O)N2C(C(=O)NCC3CCCO3)COC23CCCCC3)c1. The van der Waals surface area contributed by atoms with Crippen molar-refractivity contribution in [2.45, 2.75) is 62.8 Å². The largest absolute Gasteiger partial charge is 0.497 e. The van der Waals surface area contributed by atoms with E-state index in [0.29, 0.717) is 17.9 Å². The van der Waals surface area contributed by atoms with E-state index in [1.807, 2.05) is 0 Å². The van der Waals surface area contributed by atoms with Crippen molar-refractivity contribution in [1.29, 1.82) is 0 Å². The molecule has 4 rings (SSSR count). The third-order valence-electron chi connectivity index (χ3n) is 6.26. The van der Waals surface area contributed by atoms with Gasteiger partial charge in [0, 0.05) is 18.7 Å². The van der Waals surface area contributed by atoms with Crippen molar-refractivity contribution in [3.63, 3.8) is 0 Å². The zero-order valence-corrected chi connectivity index (χ0v) is 17.0. The Labute approximate surface area is 171 Å². The Bertz CT molecular complexity index is 740. The van der Waals surface area contributed by atoms with E-state index >= 15 is 0 Å². The molecule has 1 aromatic carbocycles. The van der Waals surface area contributed by atoms with Crippen LogP contribution in [0.5, 0.6) is 5.75 Å². The lowest BCUT2D eigenvalue weighted by Crippen LogP contribution is -2.56. The highest BCUT2D eigenvalue weighted by molar-refractivity contribution is 5.98. The molecule has 2 amide bonds. The second-order valence-corrected chi connectivity index (χ2v) is 8.12. The maximum atomic E-state index is 13.5. The molecule has 1 N–H and O–H groups in total. The van der Waals surface area contributed by atoms with Crippen LogP contribution in [0.15, 0.2) is 24.3 Å². The molecule has 2 saturated heterocycles. The summed E-state index contributed by atoms with van der Waals surface area (Å²) in [5.74, 6) is 0.271. The summed E-state index contributed by atoms with van der Waals surface area (Å²) in [5.41, 5.74) is -0.179. The van der Waals surface area contributed by atoms with E-state index in [0.717, 1.165) is 51.6 Å². The fraction of sp³-hybridized carbons (Fsp3) is 0.636. The second kappa shape index (κ2) is 8.71. The lowest BCUT2D eigenvalue weighted by molar-refractivity contribution is -0.127. The van der Waals surface area contributed by atoms with Gasteiger partial charge in [0.1, 0.15) is 17.5 Å². The average molecular weight is 402 g/mol. The van der Waals surface area contributed by atoms with Gasteiger partial charge in [-0.15, -0.1) is 0 Å². The molecule has 2 atom stereocenters. The molecule has 0 aromatic heterocycles. The minimum Gasteiger partial charge on any atom is -0.497 e. The van der Waals surface area contributed by atoms with E-state index in [-0.39, 0.29) is 24.5 Å². The molecular weight excluding hydrogens is 372 g/mol. The average Bonchev–Trinajstić information content (AvgIpc) is 3.40. The number of hydrogen-bond acceptors (Lipinski definition) is 5. The van der Waals surface area contributed by atoms with Crippen molar-refractivity contribution in [3.8, 4) is 5.75 Å². The quantitative estimate of drug-likeness (QED) is 0.819. The fourth-order valence-corrected chi connectivity index (χ4v) is 4.70. The first-order valence-electron chi connectivity index (χ1n) is 10.6. The molecule has 29 heavy (non-hydrogen) atoms. The highest BCUT2D eigenvalue weighted by atomic mass is 16.5. The summed E-state index contributed by atoms with van der Waals surface area (Å²) in [6.45, 7) is 1.45. The Kier molecular flexibility index (Phi) is 6.06. The molecule has 7 heteroatoms. The van der Waals surface area contributed by atoms with Gasteiger partial charge in [0.05, 0.1) is 19.8 Å². The fourth-order valence-electron chi connectivity index (χ4n) is 4.70. The van der Waals surface area contributed by atoms with Crippen molar-refractivity contribution >= 4 is 11.8 Å². The molecular formula is C22H30N2O5. The molecule has 7 nitrogen and oxygen atoms in total. The molecule has 0 bridgehead atoms. The third-order valence-corrected chi connectivity index (χ3v) is 6.26. The molecule has 158 valence electrons. The van der Waals surface area contributed by atoms with Gasteiger partial charge in [-0.1, -0.05) is 12.5 Å². The van der Waals surface area contributed by atoms with E-state index in [2.05, 4.69) is 5.32 Å². The molecule has 1 spiro atoms. The highest BCUT2D eigenvalue weighted by Gasteiger charge is 2.53. The summed E-state index contributed by atoms with van der Waals surface area (Å²) in [7, 11) is 1.58. The van der Waals surface area contributed by atoms with Gasteiger partial charge in [-0.2, -0.15) is 0 Å². The normalized spacial score (nSPS) is 25.9. The molecule has 3 fully saturated rings. The van der Waals surface area contributed by atoms with E-state index in [1.54, 1.807) is 36.3 Å². The van der Waals surface area contributed by atoms with Gasteiger partial charge in [0.2, 0.25) is 5.91 Å². The molecule has 0 radical (unpaired) electrons. The Morgan fingerprint density at radius 2 is 2.07 bits per heavy atom. The van der Waals surface area contributed by atoms with Gasteiger partial charge in [-0.25, -0.2) is 0 Å². The van der Waals surface area contributed by atoms with E-state index in [1.165, 1.54) is 0 Å². The number of nitrogens with zero attached hydrogens (tertiary/aromatic N) is 1. The first-order chi connectivity index (χ1) is 14.1. The van der Waals surface area contributed by atoms with Gasteiger partial charge in [0.25, 0.3) is 5.91 Å². The summed E-state index contributed by atoms with van der Waals surface area (Å²) >= 11 is 0. The Morgan fingerprint density at radius 1 is 1.24 bits per heavy atom. The number of rotatable bonds is 5. The van der Waals surface area contributed by atoms with Crippen molar-refractivity contribution in [3.05, 3.63) is 29.8 Å². The van der Waals surface area contributed by atoms with Crippen LogP contribution in [0.25, 0.3) is 0 Å². The summed E-state index contributed by atoms with van der Waals surface area (Å²) in [4.78, 5) is 28.3. The number of ether oxygens (including phenoxy) is 3. The lowest BCUT2D eigenvalue weighted by Gasteiger charge is -2.41. The maximum Gasteiger partial charge on any atom is 0.257 e. The van der Waals surface area contributed by atoms with Crippen LogP contribution in [0, 0.1) is 0 Å². The van der Waals surface area contributed by atoms with E-state index < -0.39 is 11.8 Å². The van der Waals surface area contributed by atoms with Crippen molar-refractivity contribution < 1.29 is 23.8 Å². The van der Waals surface area contributed by atoms with Crippen molar-refractivity contribution in [1.82, 2.24) is 10.2 Å². The van der Waals surface area contributed by atoms with Crippen LogP contribution >= 0.6 is 0 Å². The summed E-state index contributed by atoms with van der Waals surface area (Å²) in [6.07, 6.45) is 6.68. The molecule has 2 aliphatic heterocycles. The Balaban J connectivity index is 1.56. The monoisotopic (exact) mass is 402 g/mol. The van der Waals surface area contributed by atoms with Crippen LogP contribution in [0.2, 0.25) is 0 Å². The number of hydrogen-bond donors (Lipinski definition) is 1. The predicted octanol–water partition coefficient (Wildman–Crippen LogP) is 2.49. The Morgan fingerprint density at radius 3 is 2.79 bits per heavy atom. The molecule has 1 aromatic rings. The summed E-state index contributed by atoms with van der Waals surface area (Å²) in [6, 6.07) is 6.45. The predicted molar refractivity (Wildman–Crippen MR) is 107 cm³/mol. The van der Waals surface area contributed by atoms with Crippen LogP contribution in [0.4, 0.5) is 0 Å². The maximum absolute atomic E-state index is 13.5. The number of methoxy groups -OCH3 is 1. The molecule has 1 saturated carbocycles. The van der Waals surface area contributed by atoms with Gasteiger partial charge in [-0.05, 0) is 56.7 Å². The van der Waals surface area contributed by atoms with E-state index in [9.17, 15) is 9.59 Å². The number of carbonyl (C=O) groups excluding carboxylic acids is 2. The van der Waals surface area contributed by atoms with Crippen molar-refractivity contribution in [2.24, 2.45) is 0 Å². The number of carbonyl (C=O) groups is 2. The summed E-state index contributed by atoms with van der Waals surface area (Å²) in [5, 5.41) is 2.98. The molecule has 2 unspecified atom stereocenters. The second-order valence-electron chi connectivity index (χ2n) is 8.12. The lowest BCUT2D eigenvalue weighted by atomic mass is 9.89. The van der Waals surface area contributed by atoms with Gasteiger partial charge < -0.3 is 19.5 Å². The molecule has 1 aliphatic carbocycles. The topological polar surface area (TPSA) is 77.1 Å². The Hall–Kier alpha value is -2.12. The van der Waals surface area contributed by atoms with Crippen molar-refractivity contribution in [2.75, 3.05) is 26.9 Å². The minimum atomic E-state index is -0.690. The highest BCUT2D eigenvalue weighted by Crippen LogP contribution is 2.41. The van der Waals surface area contributed by atoms with E-state index in [4.69, 9.17) is 14.2 Å². The zero-order chi connectivity index (χ0) is 20.3. The van der Waals surface area contributed by atoms with Gasteiger partial charge in [0.15, 0.2) is 0 Å². The standard InChI is InChI=1S/C22H30N2O5/c1-27-17-8-5-7-16(13-17)21(26)24-19(15-29-22(24)10-3-2-4-11-22)20(25)23-14-18-9-6-12-28-18/h5,7-8,13,18-19H,2-4,6,9-12,14-15H2,1H3,(H,23,25). The third kappa shape index (κ3) is 4.12. The number of nitrogens with one attached hydrogen (secondary N) is 1. The molecule has 3 aliphatic rings. The zero-order valence-electron chi connectivity index (χ0n) is 17.0. The summed E-state index contributed by atoms with van der Waals surface area (Å²) < 4.78 is 17.1. The minimum absolute atomic E-state index is 0.0625. The van der Waals surface area contributed by atoms with Gasteiger partial charge in [-0.3, -0.25) is 14.5 Å². The van der Waals surface area contributed by atoms with Crippen LogP contribution in [-0.2, 0) is 14.3 Å². The smallest absolute Gasteiger partial charge is 0.257 e. The molecule has 2 heterocycles. The first-order valence-corrected chi connectivity index (χ1v) is 10.6. The number of benzene rings is 1. The first kappa shape index (κ1) is 20.2. The van der Waals surface area contributed by atoms with Crippen LogP contribution < -0.4 is 10.1 Å².